The molecule has 1 saturated heterocycles. The molecule has 2 aromatic heterocycles. The van der Waals surface area contributed by atoms with Crippen molar-refractivity contribution in [1.29, 1.82) is 0 Å². The number of fused-ring (bicyclic) bond motifs is 3. The number of carbonyl (C=O) groups is 3. The average molecular weight is 516 g/mol. The topological polar surface area (TPSA) is 82.3 Å². The summed E-state index contributed by atoms with van der Waals surface area (Å²) in [5.41, 5.74) is 4.36. The third-order valence-electron chi connectivity index (χ3n) is 8.20. The van der Waals surface area contributed by atoms with Crippen LogP contribution >= 0.6 is 11.3 Å². The zero-order valence-corrected chi connectivity index (χ0v) is 21.0. The molecular weight excluding hydrogens is 494 g/mol. The van der Waals surface area contributed by atoms with E-state index < -0.39 is 0 Å². The highest BCUT2D eigenvalue weighted by Gasteiger charge is 2.67. The molecule has 2 amide bonds. The van der Waals surface area contributed by atoms with Gasteiger partial charge in [-0.15, -0.1) is 11.3 Å². The fourth-order valence-corrected chi connectivity index (χ4v) is 7.29. The number of piperidine rings is 1. The molecule has 3 heterocycles. The van der Waals surface area contributed by atoms with Gasteiger partial charge in [0.05, 0.1) is 4.88 Å². The Morgan fingerprint density at radius 3 is 2.71 bits per heavy atom. The first-order valence-corrected chi connectivity index (χ1v) is 13.4. The third-order valence-corrected chi connectivity index (χ3v) is 9.32. The first kappa shape index (κ1) is 21.6. The minimum Gasteiger partial charge on any atom is -0.351 e. The van der Waals surface area contributed by atoms with Crippen LogP contribution in [0, 0.1) is 5.92 Å². The van der Waals surface area contributed by atoms with Crippen LogP contribution in [0.2, 0.25) is 0 Å². The van der Waals surface area contributed by atoms with Crippen LogP contribution in [-0.2, 0) is 5.41 Å². The van der Waals surface area contributed by atoms with Crippen LogP contribution in [0.25, 0.3) is 21.0 Å². The number of likely N-dealkylation sites (tertiary alicyclic amines) is 1. The summed E-state index contributed by atoms with van der Waals surface area (Å²) in [6.45, 7) is 0.609. The second-order valence-corrected chi connectivity index (χ2v) is 11.4. The summed E-state index contributed by atoms with van der Waals surface area (Å²) in [4.78, 5) is 45.1. The van der Waals surface area contributed by atoms with Gasteiger partial charge in [-0.05, 0) is 59.7 Å². The van der Waals surface area contributed by atoms with E-state index in [2.05, 4.69) is 10.3 Å². The predicted molar refractivity (Wildman–Crippen MR) is 148 cm³/mol. The van der Waals surface area contributed by atoms with E-state index in [0.717, 1.165) is 44.2 Å². The Morgan fingerprint density at radius 2 is 1.82 bits per heavy atom. The molecule has 5 aromatic rings. The lowest BCUT2D eigenvalue weighted by molar-refractivity contribution is 0.0806. The summed E-state index contributed by atoms with van der Waals surface area (Å²) in [6, 6.07) is 25.0. The molecule has 2 fully saturated rings. The molecule has 2 N–H and O–H groups in total. The number of aromatic nitrogens is 1. The van der Waals surface area contributed by atoms with Gasteiger partial charge in [0.15, 0.2) is 5.78 Å². The van der Waals surface area contributed by atoms with Crippen molar-refractivity contribution in [3.8, 4) is 0 Å². The first-order valence-electron chi connectivity index (χ1n) is 12.6. The Labute approximate surface area is 221 Å². The first-order chi connectivity index (χ1) is 18.5. The van der Waals surface area contributed by atoms with Gasteiger partial charge in [0.1, 0.15) is 5.69 Å². The zero-order chi connectivity index (χ0) is 25.6. The summed E-state index contributed by atoms with van der Waals surface area (Å²) in [5.74, 6) is 0.00418. The number of H-pyrrole nitrogens is 1. The summed E-state index contributed by atoms with van der Waals surface area (Å²) >= 11 is 1.46. The number of benzene rings is 3. The minimum absolute atomic E-state index is 0.0396. The standard InChI is InChI=1S/C31H21N3O3S/c35-25-14-28-31(22-7-3-2-6-21(22)25)15-19(31)16-34(28)30(37)24-12-18-11-20(9-10-23(18)33-24)32-29(36)27-13-17-5-1-4-8-26(17)38-27/h1-14,19,33H,15-16H2,(H,32,36)/t19-,31?/m1/s1. The fraction of sp³-hybridized carbons (Fsp3) is 0.129. The molecule has 6 nitrogen and oxygen atoms in total. The normalized spacial score (nSPS) is 21.2. The SMILES string of the molecule is O=C(Nc1ccc2[nH]c(C(=O)N3C[C@H]4CC45C3=CC(=O)c3ccccc35)cc2c1)c1cc2ccccc2s1. The molecule has 184 valence electrons. The van der Waals surface area contributed by atoms with Crippen LogP contribution in [0.4, 0.5) is 5.69 Å². The molecule has 0 radical (unpaired) electrons. The van der Waals surface area contributed by atoms with E-state index in [9.17, 15) is 14.4 Å². The van der Waals surface area contributed by atoms with Gasteiger partial charge in [0.2, 0.25) is 0 Å². The largest absolute Gasteiger partial charge is 0.351 e. The number of amides is 2. The highest BCUT2D eigenvalue weighted by atomic mass is 32.1. The summed E-state index contributed by atoms with van der Waals surface area (Å²) in [7, 11) is 0. The fourth-order valence-electron chi connectivity index (χ4n) is 6.34. The molecule has 2 atom stereocenters. The smallest absolute Gasteiger partial charge is 0.274 e. The number of allylic oxidation sites excluding steroid dienone is 2. The van der Waals surface area contributed by atoms with Gasteiger partial charge < -0.3 is 15.2 Å². The molecular formula is C31H21N3O3S. The van der Waals surface area contributed by atoms with Crippen LogP contribution in [0.3, 0.4) is 0 Å². The summed E-state index contributed by atoms with van der Waals surface area (Å²) < 4.78 is 1.07. The third kappa shape index (κ3) is 2.96. The van der Waals surface area contributed by atoms with Gasteiger partial charge in [-0.2, -0.15) is 0 Å². The number of hydrogen-bond acceptors (Lipinski definition) is 4. The molecule has 0 bridgehead atoms. The van der Waals surface area contributed by atoms with E-state index in [0.29, 0.717) is 28.7 Å². The van der Waals surface area contributed by atoms with Crippen molar-refractivity contribution < 1.29 is 14.4 Å². The van der Waals surface area contributed by atoms with Crippen LogP contribution in [0.15, 0.2) is 90.6 Å². The lowest BCUT2D eigenvalue weighted by Crippen LogP contribution is -2.33. The van der Waals surface area contributed by atoms with E-state index in [1.54, 1.807) is 11.0 Å². The number of hydrogen-bond donors (Lipinski definition) is 2. The van der Waals surface area contributed by atoms with Crippen molar-refractivity contribution in [2.24, 2.45) is 5.92 Å². The Bertz CT molecular complexity index is 1860. The van der Waals surface area contributed by atoms with Crippen molar-refractivity contribution in [2.45, 2.75) is 11.8 Å². The average Bonchev–Trinajstić information content (AvgIpc) is 3.25. The van der Waals surface area contributed by atoms with E-state index in [4.69, 9.17) is 0 Å². The molecule has 1 spiro atoms. The molecule has 38 heavy (non-hydrogen) atoms. The van der Waals surface area contributed by atoms with E-state index >= 15 is 0 Å². The van der Waals surface area contributed by atoms with Crippen LogP contribution < -0.4 is 5.32 Å². The van der Waals surface area contributed by atoms with Crippen molar-refractivity contribution in [1.82, 2.24) is 9.88 Å². The highest BCUT2D eigenvalue weighted by Crippen LogP contribution is 2.66. The Hall–Kier alpha value is -4.49. The number of rotatable bonds is 3. The number of nitrogens with zero attached hydrogens (tertiary/aromatic N) is 1. The van der Waals surface area contributed by atoms with Crippen molar-refractivity contribution in [3.63, 3.8) is 0 Å². The molecule has 3 aromatic carbocycles. The van der Waals surface area contributed by atoms with Gasteiger partial charge >= 0.3 is 0 Å². The van der Waals surface area contributed by atoms with Crippen LogP contribution in [-0.4, -0.2) is 34.0 Å². The lowest BCUT2D eigenvalue weighted by Gasteiger charge is -2.29. The molecule has 7 heteroatoms. The molecule has 2 aliphatic carbocycles. The van der Waals surface area contributed by atoms with Crippen LogP contribution in [0.5, 0.6) is 0 Å². The quantitative estimate of drug-likeness (QED) is 0.303. The number of thiophene rings is 1. The van der Waals surface area contributed by atoms with Crippen molar-refractivity contribution in [2.75, 3.05) is 11.9 Å². The minimum atomic E-state index is -0.212. The monoisotopic (exact) mass is 515 g/mol. The molecule has 1 aliphatic heterocycles. The van der Waals surface area contributed by atoms with Gasteiger partial charge in [-0.1, -0.05) is 42.5 Å². The number of carbonyl (C=O) groups excluding carboxylic acids is 3. The molecule has 8 rings (SSSR count). The number of anilines is 1. The number of nitrogens with one attached hydrogen (secondary N) is 2. The van der Waals surface area contributed by atoms with Gasteiger partial charge in [0, 0.05) is 50.6 Å². The molecule has 1 saturated carbocycles. The van der Waals surface area contributed by atoms with Gasteiger partial charge in [-0.3, -0.25) is 14.4 Å². The van der Waals surface area contributed by atoms with Crippen molar-refractivity contribution in [3.05, 3.63) is 112 Å². The van der Waals surface area contributed by atoms with Crippen LogP contribution in [0.1, 0.15) is 42.5 Å². The lowest BCUT2D eigenvalue weighted by atomic mass is 9.81. The summed E-state index contributed by atoms with van der Waals surface area (Å²) in [5, 5.41) is 4.86. The van der Waals surface area contributed by atoms with E-state index in [1.165, 1.54) is 11.3 Å². The summed E-state index contributed by atoms with van der Waals surface area (Å²) in [6.07, 6.45) is 2.64. The maximum Gasteiger partial charge on any atom is 0.274 e. The van der Waals surface area contributed by atoms with E-state index in [-0.39, 0.29) is 23.0 Å². The maximum atomic E-state index is 13.7. The van der Waals surface area contributed by atoms with Crippen molar-refractivity contribution >= 4 is 55.6 Å². The van der Waals surface area contributed by atoms with Gasteiger partial charge in [0.25, 0.3) is 11.8 Å². The molecule has 3 aliphatic rings. The van der Waals surface area contributed by atoms with Gasteiger partial charge in [-0.25, -0.2) is 0 Å². The second kappa shape index (κ2) is 7.52. The Morgan fingerprint density at radius 1 is 0.974 bits per heavy atom. The Kier molecular flexibility index (Phi) is 4.27. The highest BCUT2D eigenvalue weighted by molar-refractivity contribution is 7.20. The number of ketones is 1. The molecule has 1 unspecified atom stereocenters. The number of aromatic amines is 1. The second-order valence-electron chi connectivity index (χ2n) is 10.3. The Balaban J connectivity index is 1.07. The maximum absolute atomic E-state index is 13.7. The van der Waals surface area contributed by atoms with E-state index in [1.807, 2.05) is 78.9 Å². The zero-order valence-electron chi connectivity index (χ0n) is 20.2. The predicted octanol–water partition coefficient (Wildman–Crippen LogP) is 6.13.